The highest BCUT2D eigenvalue weighted by atomic mass is 35.7. The third kappa shape index (κ3) is 4.90. The fourth-order valence-electron chi connectivity index (χ4n) is 4.09. The summed E-state index contributed by atoms with van der Waals surface area (Å²) in [5, 5.41) is 0. The Morgan fingerprint density at radius 2 is 1.72 bits per heavy atom. The predicted octanol–water partition coefficient (Wildman–Crippen LogP) is 4.06. The number of nitrogens with zero attached hydrogens (tertiary/aromatic N) is 2. The van der Waals surface area contributed by atoms with Gasteiger partial charge in [0, 0.05) is 18.5 Å². The molecule has 3 atom stereocenters. The lowest BCUT2D eigenvalue weighted by Crippen LogP contribution is -2.51. The summed E-state index contributed by atoms with van der Waals surface area (Å²) < 4.78 is 30.1. The van der Waals surface area contributed by atoms with Crippen molar-refractivity contribution in [2.24, 2.45) is 0 Å². The van der Waals surface area contributed by atoms with Crippen LogP contribution in [0.1, 0.15) is 17.0 Å². The second kappa shape index (κ2) is 9.58. The van der Waals surface area contributed by atoms with Gasteiger partial charge in [-0.1, -0.05) is 48.5 Å². The van der Waals surface area contributed by atoms with Crippen molar-refractivity contribution in [1.29, 1.82) is 0 Å². The summed E-state index contributed by atoms with van der Waals surface area (Å²) >= 11 is 5.90. The van der Waals surface area contributed by atoms with E-state index in [-0.39, 0.29) is 32.2 Å². The standard InChI is InChI=1S/C22H25BClN2O5P/c1-25(2)32(24,28)30-13-15-11-26(12-21(23)31-15)22(27)29-14-20-18-9-5-3-7-16(18)17-8-4-6-10-19(17)20/h3-10,15,20-21H,11-14H2,1-2H3. The van der Waals surface area contributed by atoms with Gasteiger partial charge in [-0.2, -0.15) is 0 Å². The summed E-state index contributed by atoms with van der Waals surface area (Å²) in [5.41, 5.74) is 4.63. The maximum absolute atomic E-state index is 12.8. The summed E-state index contributed by atoms with van der Waals surface area (Å²) in [5.74, 6) is -0.0255. The maximum Gasteiger partial charge on any atom is 0.409 e. The second-order valence-corrected chi connectivity index (χ2v) is 11.3. The van der Waals surface area contributed by atoms with Crippen LogP contribution < -0.4 is 0 Å². The van der Waals surface area contributed by atoms with E-state index in [0.29, 0.717) is 0 Å². The molecular formula is C22H25BClN2O5P. The van der Waals surface area contributed by atoms with Gasteiger partial charge in [0.2, 0.25) is 0 Å². The summed E-state index contributed by atoms with van der Waals surface area (Å²) in [6, 6.07) is 15.6. The van der Waals surface area contributed by atoms with E-state index in [1.165, 1.54) is 20.7 Å². The van der Waals surface area contributed by atoms with E-state index in [2.05, 4.69) is 24.3 Å². The fourth-order valence-corrected chi connectivity index (χ4v) is 4.84. The molecule has 4 rings (SSSR count). The van der Waals surface area contributed by atoms with Crippen molar-refractivity contribution in [3.05, 3.63) is 59.7 Å². The lowest BCUT2D eigenvalue weighted by atomic mass is 9.97. The van der Waals surface area contributed by atoms with Crippen LogP contribution in [0.25, 0.3) is 11.1 Å². The molecule has 1 aliphatic heterocycles. The molecule has 1 aliphatic carbocycles. The highest BCUT2D eigenvalue weighted by Gasteiger charge is 2.34. The Kier molecular flexibility index (Phi) is 6.98. The third-order valence-electron chi connectivity index (χ3n) is 5.68. The zero-order chi connectivity index (χ0) is 22.9. The number of fused-ring (bicyclic) bond motifs is 3. The minimum absolute atomic E-state index is 0.0255. The average Bonchev–Trinajstić information content (AvgIpc) is 3.09. The molecule has 0 aromatic heterocycles. The van der Waals surface area contributed by atoms with E-state index in [1.807, 2.05) is 24.3 Å². The zero-order valence-corrected chi connectivity index (χ0v) is 19.7. The number of ether oxygens (including phenoxy) is 2. The molecule has 0 saturated carbocycles. The van der Waals surface area contributed by atoms with Gasteiger partial charge in [0.1, 0.15) is 14.5 Å². The van der Waals surface area contributed by atoms with Crippen molar-refractivity contribution in [2.45, 2.75) is 18.0 Å². The van der Waals surface area contributed by atoms with Crippen LogP contribution >= 0.6 is 18.1 Å². The smallest absolute Gasteiger partial charge is 0.409 e. The normalized spacial score (nSPS) is 22.3. The number of benzene rings is 2. The van der Waals surface area contributed by atoms with Crippen molar-refractivity contribution in [2.75, 3.05) is 40.4 Å². The third-order valence-corrected chi connectivity index (χ3v) is 8.31. The average molecular weight is 475 g/mol. The van der Waals surface area contributed by atoms with Gasteiger partial charge in [0.25, 0.3) is 0 Å². The summed E-state index contributed by atoms with van der Waals surface area (Å²) in [6.45, 7) is -2.87. The SMILES string of the molecule is [B]C1CN(C(=O)OCC2c3ccccc3-c3ccccc32)CC(COP(=O)(Cl)N(C)C)O1. The van der Waals surface area contributed by atoms with Crippen LogP contribution in [-0.2, 0) is 18.6 Å². The van der Waals surface area contributed by atoms with E-state index in [0.717, 1.165) is 11.1 Å². The van der Waals surface area contributed by atoms with Crippen LogP contribution in [0.5, 0.6) is 0 Å². The lowest BCUT2D eigenvalue weighted by molar-refractivity contribution is -0.0630. The van der Waals surface area contributed by atoms with Gasteiger partial charge in [0.15, 0.2) is 0 Å². The highest BCUT2D eigenvalue weighted by molar-refractivity contribution is 7.83. The molecule has 0 N–H and O–H groups in total. The molecule has 2 radical (unpaired) electrons. The first-order valence-corrected chi connectivity index (χ1v) is 12.9. The van der Waals surface area contributed by atoms with Crippen LogP contribution in [0.4, 0.5) is 4.79 Å². The first-order valence-electron chi connectivity index (χ1n) is 10.4. The molecule has 168 valence electrons. The molecule has 1 amide bonds. The van der Waals surface area contributed by atoms with Crippen molar-refractivity contribution in [3.63, 3.8) is 0 Å². The Morgan fingerprint density at radius 1 is 1.12 bits per heavy atom. The number of morpholine rings is 1. The van der Waals surface area contributed by atoms with Crippen LogP contribution in [-0.4, -0.2) is 76.0 Å². The Morgan fingerprint density at radius 3 is 2.31 bits per heavy atom. The molecule has 2 aliphatic rings. The molecule has 0 bridgehead atoms. The molecule has 1 heterocycles. The van der Waals surface area contributed by atoms with Crippen LogP contribution in [0.15, 0.2) is 48.5 Å². The largest absolute Gasteiger partial charge is 0.448 e. The van der Waals surface area contributed by atoms with Gasteiger partial charge >= 0.3 is 13.0 Å². The molecule has 10 heteroatoms. The number of amides is 1. The minimum atomic E-state index is -3.43. The first-order chi connectivity index (χ1) is 15.3. The highest BCUT2D eigenvalue weighted by Crippen LogP contribution is 2.54. The maximum atomic E-state index is 12.8. The Hall–Kier alpha value is -1.83. The first kappa shape index (κ1) is 23.3. The number of hydrogen-bond donors (Lipinski definition) is 0. The molecule has 2 aromatic rings. The molecule has 7 nitrogen and oxygen atoms in total. The fraction of sp³-hybridized carbons (Fsp3) is 0.409. The van der Waals surface area contributed by atoms with Crippen LogP contribution in [0.2, 0.25) is 0 Å². The minimum Gasteiger partial charge on any atom is -0.448 e. The second-order valence-electron chi connectivity index (χ2n) is 8.10. The molecule has 1 fully saturated rings. The zero-order valence-electron chi connectivity index (χ0n) is 18.0. The number of halogens is 1. The van der Waals surface area contributed by atoms with E-state index >= 15 is 0 Å². The quantitative estimate of drug-likeness (QED) is 0.465. The van der Waals surface area contributed by atoms with Gasteiger partial charge in [0.05, 0.1) is 19.3 Å². The number of hydrogen-bond acceptors (Lipinski definition) is 5. The number of carbonyl (C=O) groups excluding carboxylic acids is 1. The number of rotatable bonds is 6. The predicted molar refractivity (Wildman–Crippen MR) is 124 cm³/mol. The van der Waals surface area contributed by atoms with E-state index < -0.39 is 25.1 Å². The Bertz CT molecular complexity index is 993. The molecule has 1 saturated heterocycles. The number of carbonyl (C=O) groups is 1. The van der Waals surface area contributed by atoms with Gasteiger partial charge in [-0.05, 0) is 47.6 Å². The molecule has 3 unspecified atom stereocenters. The molecule has 2 aromatic carbocycles. The van der Waals surface area contributed by atoms with Gasteiger partial charge in [-0.15, -0.1) is 0 Å². The summed E-state index contributed by atoms with van der Waals surface area (Å²) in [4.78, 5) is 14.3. The van der Waals surface area contributed by atoms with Gasteiger partial charge in [-0.3, -0.25) is 4.57 Å². The lowest BCUT2D eigenvalue weighted by Gasteiger charge is -2.36. The van der Waals surface area contributed by atoms with Gasteiger partial charge < -0.3 is 18.9 Å². The Balaban J connectivity index is 1.39. The summed E-state index contributed by atoms with van der Waals surface area (Å²) in [7, 11) is 9.08. The van der Waals surface area contributed by atoms with Crippen molar-refractivity contribution in [3.8, 4) is 11.1 Å². The monoisotopic (exact) mass is 474 g/mol. The molecule has 0 spiro atoms. The van der Waals surface area contributed by atoms with Crippen LogP contribution in [0, 0.1) is 0 Å². The van der Waals surface area contributed by atoms with Crippen molar-refractivity contribution < 1.29 is 23.4 Å². The Labute approximate surface area is 194 Å². The molecular weight excluding hydrogens is 449 g/mol. The van der Waals surface area contributed by atoms with Crippen molar-refractivity contribution >= 4 is 32.1 Å². The summed E-state index contributed by atoms with van der Waals surface area (Å²) in [6.07, 6.45) is -1.04. The molecule has 32 heavy (non-hydrogen) atoms. The van der Waals surface area contributed by atoms with E-state index in [4.69, 9.17) is 33.1 Å². The van der Waals surface area contributed by atoms with E-state index in [1.54, 1.807) is 14.1 Å². The van der Waals surface area contributed by atoms with Crippen LogP contribution in [0.3, 0.4) is 0 Å². The van der Waals surface area contributed by atoms with Crippen molar-refractivity contribution in [1.82, 2.24) is 9.57 Å². The van der Waals surface area contributed by atoms with E-state index in [9.17, 15) is 9.36 Å². The topological polar surface area (TPSA) is 68.3 Å². The van der Waals surface area contributed by atoms with Gasteiger partial charge in [-0.25, -0.2) is 9.46 Å².